The van der Waals surface area contributed by atoms with Gasteiger partial charge < -0.3 is 4.74 Å². The molecule has 1 atom stereocenters. The summed E-state index contributed by atoms with van der Waals surface area (Å²) in [6.45, 7) is 12.1. The highest BCUT2D eigenvalue weighted by molar-refractivity contribution is 9.10. The predicted octanol–water partition coefficient (Wildman–Crippen LogP) is 6.20. The van der Waals surface area contributed by atoms with Gasteiger partial charge in [0.2, 0.25) is 0 Å². The molecule has 0 saturated heterocycles. The van der Waals surface area contributed by atoms with Gasteiger partial charge >= 0.3 is 6.09 Å². The van der Waals surface area contributed by atoms with E-state index in [0.717, 1.165) is 28.6 Å². The van der Waals surface area contributed by atoms with E-state index in [4.69, 9.17) is 16.3 Å². The maximum absolute atomic E-state index is 12.9. The molecule has 1 aromatic carbocycles. The van der Waals surface area contributed by atoms with Crippen LogP contribution in [0.25, 0.3) is 0 Å². The smallest absolute Gasteiger partial charge is 0.415 e. The molecule has 0 aliphatic carbocycles. The number of amides is 1. The number of fused-ring (bicyclic) bond motifs is 1. The molecule has 3 nitrogen and oxygen atoms in total. The summed E-state index contributed by atoms with van der Waals surface area (Å²) in [5.41, 5.74) is 1.41. The summed E-state index contributed by atoms with van der Waals surface area (Å²) in [7, 11) is 0. The Bertz CT molecular complexity index is 617. The SMILES string of the molecule is CC(C)(C)OC(=O)N1c2cc(Br)c(Cl)cc2CCC1C(C)(C)C. The van der Waals surface area contributed by atoms with Crippen LogP contribution in [-0.2, 0) is 11.2 Å². The molecule has 1 aliphatic heterocycles. The maximum atomic E-state index is 12.9. The van der Waals surface area contributed by atoms with Crippen LogP contribution >= 0.6 is 27.5 Å². The van der Waals surface area contributed by atoms with Gasteiger partial charge in [-0.25, -0.2) is 4.79 Å². The van der Waals surface area contributed by atoms with E-state index in [0.29, 0.717) is 5.02 Å². The van der Waals surface area contributed by atoms with Gasteiger partial charge in [0.05, 0.1) is 10.7 Å². The molecule has 5 heteroatoms. The lowest BCUT2D eigenvalue weighted by molar-refractivity contribution is 0.0531. The maximum Gasteiger partial charge on any atom is 0.415 e. The van der Waals surface area contributed by atoms with Crippen LogP contribution < -0.4 is 4.90 Å². The van der Waals surface area contributed by atoms with Crippen molar-refractivity contribution in [1.29, 1.82) is 0 Å². The molecule has 0 fully saturated rings. The molecule has 1 aliphatic rings. The van der Waals surface area contributed by atoms with Gasteiger partial charge in [-0.05, 0) is 72.7 Å². The average Bonchev–Trinajstić information content (AvgIpc) is 2.35. The molecule has 1 heterocycles. The zero-order valence-corrected chi connectivity index (χ0v) is 17.0. The van der Waals surface area contributed by atoms with Gasteiger partial charge in [0, 0.05) is 10.5 Å². The summed E-state index contributed by atoms with van der Waals surface area (Å²) >= 11 is 9.70. The minimum Gasteiger partial charge on any atom is -0.443 e. The van der Waals surface area contributed by atoms with Crippen LogP contribution in [-0.4, -0.2) is 17.7 Å². The zero-order valence-electron chi connectivity index (χ0n) is 14.7. The number of carbonyl (C=O) groups is 1. The average molecular weight is 403 g/mol. The summed E-state index contributed by atoms with van der Waals surface area (Å²) in [4.78, 5) is 14.7. The van der Waals surface area contributed by atoms with E-state index < -0.39 is 5.60 Å². The van der Waals surface area contributed by atoms with Crippen LogP contribution in [0.2, 0.25) is 5.02 Å². The fourth-order valence-corrected chi connectivity index (χ4v) is 3.47. The summed E-state index contributed by atoms with van der Waals surface area (Å²) in [5.74, 6) is 0. The number of rotatable bonds is 0. The Balaban J connectivity index is 2.51. The first-order chi connectivity index (χ1) is 10.4. The highest BCUT2D eigenvalue weighted by Gasteiger charge is 2.40. The Morgan fingerprint density at radius 3 is 2.39 bits per heavy atom. The summed E-state index contributed by atoms with van der Waals surface area (Å²) in [5, 5.41) is 0.669. The van der Waals surface area contributed by atoms with Gasteiger partial charge in [-0.1, -0.05) is 32.4 Å². The van der Waals surface area contributed by atoms with Gasteiger partial charge in [-0.2, -0.15) is 0 Å². The molecule has 0 N–H and O–H groups in total. The highest BCUT2D eigenvalue weighted by atomic mass is 79.9. The Morgan fingerprint density at radius 1 is 1.26 bits per heavy atom. The molecule has 0 aromatic heterocycles. The van der Waals surface area contributed by atoms with E-state index >= 15 is 0 Å². The number of benzene rings is 1. The molecule has 128 valence electrons. The Hall–Kier alpha value is -0.740. The Morgan fingerprint density at radius 2 is 1.87 bits per heavy atom. The monoisotopic (exact) mass is 401 g/mol. The van der Waals surface area contributed by atoms with Gasteiger partial charge in [-0.3, -0.25) is 4.90 Å². The molecule has 0 bridgehead atoms. The van der Waals surface area contributed by atoms with Crippen molar-refractivity contribution in [2.75, 3.05) is 4.90 Å². The summed E-state index contributed by atoms with van der Waals surface area (Å²) < 4.78 is 6.46. The number of nitrogens with zero attached hydrogens (tertiary/aromatic N) is 1. The molecule has 1 aromatic rings. The van der Waals surface area contributed by atoms with Crippen molar-refractivity contribution >= 4 is 39.3 Å². The van der Waals surface area contributed by atoms with Crippen LogP contribution in [0.5, 0.6) is 0 Å². The van der Waals surface area contributed by atoms with Crippen molar-refractivity contribution in [3.8, 4) is 0 Å². The second-order valence-corrected chi connectivity index (χ2v) is 9.43. The molecular weight excluding hydrogens is 378 g/mol. The first kappa shape index (κ1) is 18.6. The topological polar surface area (TPSA) is 29.5 Å². The number of anilines is 1. The molecule has 1 unspecified atom stereocenters. The molecule has 2 rings (SSSR count). The highest BCUT2D eigenvalue weighted by Crippen LogP contribution is 2.42. The zero-order chi connectivity index (χ0) is 17.6. The molecule has 0 spiro atoms. The fourth-order valence-electron chi connectivity index (χ4n) is 2.95. The standard InChI is InChI=1S/C18H25BrClNO2/c1-17(2,3)15-8-7-11-9-13(20)12(19)10-14(11)21(15)16(22)23-18(4,5)6/h9-10,15H,7-8H2,1-6H3. The van der Waals surface area contributed by atoms with E-state index in [2.05, 4.69) is 36.7 Å². The van der Waals surface area contributed by atoms with Crippen LogP contribution in [0.3, 0.4) is 0 Å². The first-order valence-corrected chi connectivity index (χ1v) is 9.07. The Kier molecular flexibility index (Phi) is 5.08. The summed E-state index contributed by atoms with van der Waals surface area (Å²) in [6.07, 6.45) is 1.50. The molecule has 1 amide bonds. The summed E-state index contributed by atoms with van der Waals surface area (Å²) in [6, 6.07) is 3.95. The third-order valence-corrected chi connectivity index (χ3v) is 5.17. The number of aryl methyl sites for hydroxylation is 1. The second-order valence-electron chi connectivity index (χ2n) is 8.17. The van der Waals surface area contributed by atoms with Crippen molar-refractivity contribution in [3.63, 3.8) is 0 Å². The Labute approximate surface area is 152 Å². The van der Waals surface area contributed by atoms with E-state index in [1.807, 2.05) is 37.8 Å². The minimum absolute atomic E-state index is 0.0410. The van der Waals surface area contributed by atoms with Crippen LogP contribution in [0.15, 0.2) is 16.6 Å². The van der Waals surface area contributed by atoms with Crippen molar-refractivity contribution in [3.05, 3.63) is 27.2 Å². The number of hydrogen-bond acceptors (Lipinski definition) is 2. The van der Waals surface area contributed by atoms with Gasteiger partial charge in [0.1, 0.15) is 5.60 Å². The van der Waals surface area contributed by atoms with Crippen LogP contribution in [0, 0.1) is 5.41 Å². The second kappa shape index (κ2) is 6.29. The largest absolute Gasteiger partial charge is 0.443 e. The molecule has 23 heavy (non-hydrogen) atoms. The van der Waals surface area contributed by atoms with Gasteiger partial charge in [0.15, 0.2) is 0 Å². The van der Waals surface area contributed by atoms with Gasteiger partial charge in [-0.15, -0.1) is 0 Å². The van der Waals surface area contributed by atoms with Gasteiger partial charge in [0.25, 0.3) is 0 Å². The van der Waals surface area contributed by atoms with Crippen molar-refractivity contribution < 1.29 is 9.53 Å². The predicted molar refractivity (Wildman–Crippen MR) is 99.4 cm³/mol. The number of carbonyl (C=O) groups excluding carboxylic acids is 1. The third kappa shape index (κ3) is 4.21. The quantitative estimate of drug-likeness (QED) is 0.516. The van der Waals surface area contributed by atoms with Crippen molar-refractivity contribution in [2.45, 2.75) is 66.0 Å². The van der Waals surface area contributed by atoms with E-state index in [1.165, 1.54) is 0 Å². The first-order valence-electron chi connectivity index (χ1n) is 7.90. The molecule has 0 saturated carbocycles. The number of hydrogen-bond donors (Lipinski definition) is 0. The van der Waals surface area contributed by atoms with Crippen LogP contribution in [0.4, 0.5) is 10.5 Å². The number of ether oxygens (including phenoxy) is 1. The number of halogens is 2. The molecule has 0 radical (unpaired) electrons. The molecular formula is C18H25BrClNO2. The lowest BCUT2D eigenvalue weighted by Gasteiger charge is -2.44. The van der Waals surface area contributed by atoms with E-state index in [1.54, 1.807) is 0 Å². The van der Waals surface area contributed by atoms with Crippen molar-refractivity contribution in [2.24, 2.45) is 5.41 Å². The van der Waals surface area contributed by atoms with E-state index in [9.17, 15) is 4.79 Å². The van der Waals surface area contributed by atoms with Crippen molar-refractivity contribution in [1.82, 2.24) is 0 Å². The lowest BCUT2D eigenvalue weighted by atomic mass is 9.79. The fraction of sp³-hybridized carbons (Fsp3) is 0.611. The van der Waals surface area contributed by atoms with Crippen LogP contribution in [0.1, 0.15) is 53.5 Å². The lowest BCUT2D eigenvalue weighted by Crippen LogP contribution is -2.51. The third-order valence-electron chi connectivity index (χ3n) is 3.97. The van der Waals surface area contributed by atoms with E-state index in [-0.39, 0.29) is 17.6 Å². The normalized spacial score (nSPS) is 18.6. The minimum atomic E-state index is -0.527.